The number of fused-ring (bicyclic) bond motifs is 1. The van der Waals surface area contributed by atoms with Gasteiger partial charge in [0.05, 0.1) is 6.61 Å². The van der Waals surface area contributed by atoms with Crippen LogP contribution in [0.15, 0.2) is 18.6 Å². The van der Waals surface area contributed by atoms with E-state index in [1.165, 1.54) is 13.3 Å². The third-order valence-corrected chi connectivity index (χ3v) is 3.72. The minimum atomic E-state index is -1.51. The fourth-order valence-electron chi connectivity index (χ4n) is 2.58. The van der Waals surface area contributed by atoms with E-state index in [0.717, 1.165) is 0 Å². The summed E-state index contributed by atoms with van der Waals surface area (Å²) in [6, 6.07) is 1.70. The van der Waals surface area contributed by atoms with Crippen molar-refractivity contribution in [3.8, 4) is 0 Å². The van der Waals surface area contributed by atoms with Gasteiger partial charge in [0.1, 0.15) is 35.9 Å². The van der Waals surface area contributed by atoms with Gasteiger partial charge < -0.3 is 25.8 Å². The van der Waals surface area contributed by atoms with E-state index in [1.54, 1.807) is 16.7 Å². The first kappa shape index (κ1) is 13.3. The molecule has 3 heterocycles. The Kier molecular flexibility index (Phi) is 2.91. The molecule has 4 atom stereocenters. The summed E-state index contributed by atoms with van der Waals surface area (Å²) in [7, 11) is 0. The molecule has 0 amide bonds. The van der Waals surface area contributed by atoms with Crippen molar-refractivity contribution in [2.45, 2.75) is 30.8 Å². The molecule has 0 bridgehead atoms. The minimum Gasteiger partial charge on any atom is -0.394 e. The van der Waals surface area contributed by atoms with Crippen LogP contribution in [0.3, 0.4) is 0 Å². The molecule has 20 heavy (non-hydrogen) atoms. The molecule has 0 aliphatic carbocycles. The summed E-state index contributed by atoms with van der Waals surface area (Å²) in [5.74, 6) is 0.262. The van der Waals surface area contributed by atoms with E-state index in [-0.39, 0.29) is 12.6 Å². The number of rotatable bonds is 2. The molecular formula is C12H16N4O4. The molecule has 0 aromatic carbocycles. The summed E-state index contributed by atoms with van der Waals surface area (Å²) in [6.45, 7) is 1.10. The average molecular weight is 280 g/mol. The first-order valence-corrected chi connectivity index (χ1v) is 6.20. The van der Waals surface area contributed by atoms with Gasteiger partial charge in [-0.05, 0) is 13.0 Å². The van der Waals surface area contributed by atoms with Gasteiger partial charge in [-0.2, -0.15) is 0 Å². The van der Waals surface area contributed by atoms with Crippen LogP contribution in [0.5, 0.6) is 0 Å². The number of aliphatic hydroxyl groups is 3. The van der Waals surface area contributed by atoms with Gasteiger partial charge in [-0.15, -0.1) is 0 Å². The van der Waals surface area contributed by atoms with Crippen LogP contribution in [0, 0.1) is 0 Å². The molecule has 8 nitrogen and oxygen atoms in total. The molecule has 3 rings (SSSR count). The molecule has 1 saturated heterocycles. The van der Waals surface area contributed by atoms with Crippen molar-refractivity contribution in [1.29, 1.82) is 0 Å². The average Bonchev–Trinajstić information content (AvgIpc) is 2.92. The van der Waals surface area contributed by atoms with Gasteiger partial charge >= 0.3 is 0 Å². The Morgan fingerprint density at radius 3 is 2.85 bits per heavy atom. The lowest BCUT2D eigenvalue weighted by Crippen LogP contribution is -2.42. The van der Waals surface area contributed by atoms with Crippen LogP contribution >= 0.6 is 0 Å². The molecule has 1 fully saturated rings. The van der Waals surface area contributed by atoms with Crippen molar-refractivity contribution < 1.29 is 20.1 Å². The number of nitrogen functional groups attached to an aromatic ring is 1. The first-order valence-electron chi connectivity index (χ1n) is 6.20. The van der Waals surface area contributed by atoms with Gasteiger partial charge in [0.25, 0.3) is 0 Å². The Balaban J connectivity index is 2.05. The van der Waals surface area contributed by atoms with Crippen molar-refractivity contribution >= 4 is 11.6 Å². The molecule has 0 unspecified atom stereocenters. The Bertz CT molecular complexity index is 641. The van der Waals surface area contributed by atoms with Crippen molar-refractivity contribution in [3.63, 3.8) is 0 Å². The van der Waals surface area contributed by atoms with E-state index in [2.05, 4.69) is 9.97 Å². The lowest BCUT2D eigenvalue weighted by molar-refractivity contribution is -0.0645. The molecule has 108 valence electrons. The highest BCUT2D eigenvalue weighted by Gasteiger charge is 2.52. The third kappa shape index (κ3) is 1.77. The lowest BCUT2D eigenvalue weighted by atomic mass is 9.90. The number of aliphatic hydroxyl groups excluding tert-OH is 2. The largest absolute Gasteiger partial charge is 0.394 e. The summed E-state index contributed by atoms with van der Waals surface area (Å²) in [6.07, 6.45) is 0.199. The molecular weight excluding hydrogens is 264 g/mol. The molecule has 8 heteroatoms. The highest BCUT2D eigenvalue weighted by Crippen LogP contribution is 2.41. The predicted octanol–water partition coefficient (Wildman–Crippen LogP) is -1.14. The summed E-state index contributed by atoms with van der Waals surface area (Å²) < 4.78 is 7.10. The molecule has 5 N–H and O–H groups in total. The fourth-order valence-corrected chi connectivity index (χ4v) is 2.58. The second-order valence-electron chi connectivity index (χ2n) is 5.14. The van der Waals surface area contributed by atoms with E-state index in [4.69, 9.17) is 10.5 Å². The maximum absolute atomic E-state index is 10.4. The van der Waals surface area contributed by atoms with Gasteiger partial charge in [0.15, 0.2) is 0 Å². The van der Waals surface area contributed by atoms with E-state index in [9.17, 15) is 15.3 Å². The zero-order valence-electron chi connectivity index (χ0n) is 10.8. The predicted molar refractivity (Wildman–Crippen MR) is 68.7 cm³/mol. The van der Waals surface area contributed by atoms with Gasteiger partial charge in [-0.25, -0.2) is 9.97 Å². The molecule has 0 spiro atoms. The normalized spacial score (nSPS) is 33.9. The third-order valence-electron chi connectivity index (χ3n) is 3.72. The zero-order valence-corrected chi connectivity index (χ0v) is 10.8. The number of anilines is 1. The zero-order chi connectivity index (χ0) is 14.5. The lowest BCUT2D eigenvalue weighted by Gasteiger charge is -2.25. The molecule has 0 radical (unpaired) electrons. The van der Waals surface area contributed by atoms with Crippen molar-refractivity contribution in [3.05, 3.63) is 24.2 Å². The minimum absolute atomic E-state index is 0.262. The molecule has 2 aromatic heterocycles. The number of nitrogens with zero attached hydrogens (tertiary/aromatic N) is 3. The van der Waals surface area contributed by atoms with E-state index in [0.29, 0.717) is 11.2 Å². The Hall–Kier alpha value is -1.74. The molecule has 0 saturated carbocycles. The molecule has 1 aliphatic rings. The number of hydrogen-bond acceptors (Lipinski definition) is 7. The Morgan fingerprint density at radius 1 is 1.50 bits per heavy atom. The van der Waals surface area contributed by atoms with E-state index >= 15 is 0 Å². The van der Waals surface area contributed by atoms with Gasteiger partial charge in [-0.3, -0.25) is 4.40 Å². The Morgan fingerprint density at radius 2 is 2.25 bits per heavy atom. The number of hydrogen-bond donors (Lipinski definition) is 4. The number of ether oxygens (including phenoxy) is 1. The summed E-state index contributed by atoms with van der Waals surface area (Å²) in [5.41, 5.74) is 5.39. The van der Waals surface area contributed by atoms with Gasteiger partial charge in [0, 0.05) is 11.8 Å². The maximum atomic E-state index is 10.4. The van der Waals surface area contributed by atoms with Crippen LogP contribution in [-0.2, 0) is 4.74 Å². The Labute approximate surface area is 114 Å². The SMILES string of the molecule is C[C@@]1(O)[C@H](O)[C@@H](CO)O[C@H]1c1cc2ncnc(N)n2c1. The van der Waals surface area contributed by atoms with Crippen LogP contribution in [0.1, 0.15) is 18.6 Å². The quantitative estimate of drug-likeness (QED) is 0.547. The number of nitrogens with two attached hydrogens (primary N) is 1. The first-order chi connectivity index (χ1) is 9.45. The van der Waals surface area contributed by atoms with E-state index in [1.807, 2.05) is 0 Å². The van der Waals surface area contributed by atoms with Gasteiger partial charge in [0.2, 0.25) is 5.95 Å². The topological polar surface area (TPSA) is 126 Å². The van der Waals surface area contributed by atoms with Crippen LogP contribution in [0.25, 0.3) is 5.65 Å². The summed E-state index contributed by atoms with van der Waals surface area (Å²) in [5, 5.41) is 29.6. The van der Waals surface area contributed by atoms with E-state index < -0.39 is 23.9 Å². The van der Waals surface area contributed by atoms with Crippen molar-refractivity contribution in [2.24, 2.45) is 0 Å². The summed E-state index contributed by atoms with van der Waals surface area (Å²) >= 11 is 0. The standard InChI is InChI=1S/C12H16N4O4/c1-12(19)9(18)7(4-17)20-10(12)6-2-8-14-5-15-11(13)16(8)3-6/h2-3,5,7,9-10,17-19H,4H2,1H3,(H2,13,14,15)/t7-,9-,10+,12-/m1/s1. The highest BCUT2D eigenvalue weighted by molar-refractivity contribution is 5.48. The highest BCUT2D eigenvalue weighted by atomic mass is 16.6. The second kappa shape index (κ2) is 4.38. The van der Waals surface area contributed by atoms with Crippen LogP contribution in [0.2, 0.25) is 0 Å². The fraction of sp³-hybridized carbons (Fsp3) is 0.500. The number of aromatic nitrogens is 3. The molecule has 2 aromatic rings. The second-order valence-corrected chi connectivity index (χ2v) is 5.14. The van der Waals surface area contributed by atoms with Crippen molar-refractivity contribution in [1.82, 2.24) is 14.4 Å². The maximum Gasteiger partial charge on any atom is 0.207 e. The smallest absolute Gasteiger partial charge is 0.207 e. The van der Waals surface area contributed by atoms with Crippen LogP contribution in [-0.4, -0.2) is 54.1 Å². The summed E-state index contributed by atoms with van der Waals surface area (Å²) in [4.78, 5) is 7.93. The molecule has 1 aliphatic heterocycles. The van der Waals surface area contributed by atoms with Crippen molar-refractivity contribution in [2.75, 3.05) is 12.3 Å². The van der Waals surface area contributed by atoms with Crippen LogP contribution < -0.4 is 5.73 Å². The van der Waals surface area contributed by atoms with Gasteiger partial charge in [-0.1, -0.05) is 0 Å². The monoisotopic (exact) mass is 280 g/mol. The van der Waals surface area contributed by atoms with Crippen LogP contribution in [0.4, 0.5) is 5.95 Å².